The topological polar surface area (TPSA) is 91.1 Å². The van der Waals surface area contributed by atoms with Crippen LogP contribution in [0.25, 0.3) is 0 Å². The van der Waals surface area contributed by atoms with Crippen LogP contribution in [0.3, 0.4) is 0 Å². The minimum Gasteiger partial charge on any atom is -0.491 e. The first-order valence-electron chi connectivity index (χ1n) is 7.24. The fraction of sp³-hybridized carbons (Fsp3) is 0.400. The summed E-state index contributed by atoms with van der Waals surface area (Å²) in [6.07, 6.45) is 5.09. The number of nitrogens with one attached hydrogen (secondary N) is 2. The molecule has 0 radical (unpaired) electrons. The van der Waals surface area contributed by atoms with Gasteiger partial charge >= 0.3 is 0 Å². The third-order valence-electron chi connectivity index (χ3n) is 4.00. The predicted molar refractivity (Wildman–Crippen MR) is 80.1 cm³/mol. The second-order valence-corrected chi connectivity index (χ2v) is 5.38. The van der Waals surface area contributed by atoms with E-state index >= 15 is 0 Å². The van der Waals surface area contributed by atoms with Crippen LogP contribution < -0.4 is 10.2 Å². The predicted octanol–water partition coefficient (Wildman–Crippen LogP) is 1.13. The van der Waals surface area contributed by atoms with Crippen molar-refractivity contribution < 1.29 is 9.53 Å². The van der Waals surface area contributed by atoms with Crippen LogP contribution in [-0.2, 0) is 0 Å². The first-order valence-corrected chi connectivity index (χ1v) is 7.24. The van der Waals surface area contributed by atoms with Gasteiger partial charge in [0.15, 0.2) is 5.75 Å². The van der Waals surface area contributed by atoms with Crippen molar-refractivity contribution in [1.82, 2.24) is 20.1 Å². The highest BCUT2D eigenvalue weighted by Crippen LogP contribution is 2.25. The Labute approximate surface area is 127 Å². The zero-order chi connectivity index (χ0) is 15.5. The molecule has 0 bridgehead atoms. The molecule has 1 saturated heterocycles. The Bertz CT molecular complexity index is 708. The highest BCUT2D eigenvalue weighted by Gasteiger charge is 2.26. The number of rotatable bonds is 3. The van der Waals surface area contributed by atoms with Gasteiger partial charge in [-0.25, -0.2) is 0 Å². The van der Waals surface area contributed by atoms with Gasteiger partial charge in [0.25, 0.3) is 5.91 Å². The second-order valence-electron chi connectivity index (χ2n) is 5.38. The maximum atomic E-state index is 12.6. The number of carbonyl (C=O) groups is 1. The normalized spacial score (nSPS) is 18.2. The van der Waals surface area contributed by atoms with E-state index in [0.29, 0.717) is 13.1 Å². The van der Waals surface area contributed by atoms with E-state index in [1.54, 1.807) is 11.1 Å². The van der Waals surface area contributed by atoms with E-state index in [-0.39, 0.29) is 28.7 Å². The molecule has 0 spiro atoms. The highest BCUT2D eigenvalue weighted by molar-refractivity contribution is 5.92. The number of pyridine rings is 1. The largest absolute Gasteiger partial charge is 0.491 e. The standard InChI is InChI=1S/C15H18N4O3/c1-22-14-8-16-12(7-13(14)20)15(21)19-6-2-3-10(9-19)11-4-5-17-18-11/h4-5,7-8,10H,2-3,6,9H2,1H3,(H,16,20)(H,17,18). The van der Waals surface area contributed by atoms with Crippen molar-refractivity contribution in [3.8, 4) is 5.75 Å². The van der Waals surface area contributed by atoms with Gasteiger partial charge in [-0.2, -0.15) is 5.10 Å². The Balaban J connectivity index is 1.77. The van der Waals surface area contributed by atoms with Crippen LogP contribution >= 0.6 is 0 Å². The molecule has 1 unspecified atom stereocenters. The summed E-state index contributed by atoms with van der Waals surface area (Å²) in [5.41, 5.74) is 1.03. The third kappa shape index (κ3) is 2.74. The van der Waals surface area contributed by atoms with Crippen LogP contribution in [-0.4, -0.2) is 46.2 Å². The SMILES string of the molecule is COc1c[nH]c(C(=O)N2CCCC(c3ccn[nH]3)C2)cc1=O. The Morgan fingerprint density at radius 1 is 1.50 bits per heavy atom. The quantitative estimate of drug-likeness (QED) is 0.889. The van der Waals surface area contributed by atoms with Crippen molar-refractivity contribution in [3.63, 3.8) is 0 Å². The third-order valence-corrected chi connectivity index (χ3v) is 4.00. The monoisotopic (exact) mass is 302 g/mol. The summed E-state index contributed by atoms with van der Waals surface area (Å²) in [6.45, 7) is 1.31. The van der Waals surface area contributed by atoms with Crippen LogP contribution in [0, 0.1) is 0 Å². The van der Waals surface area contributed by atoms with E-state index in [1.807, 2.05) is 6.07 Å². The van der Waals surface area contributed by atoms with Gasteiger partial charge in [-0.15, -0.1) is 0 Å². The number of hydrogen-bond acceptors (Lipinski definition) is 4. The maximum Gasteiger partial charge on any atom is 0.270 e. The van der Waals surface area contributed by atoms with Gasteiger partial charge in [0.2, 0.25) is 5.43 Å². The van der Waals surface area contributed by atoms with E-state index in [2.05, 4.69) is 15.2 Å². The molecule has 0 aromatic carbocycles. The molecule has 3 rings (SSSR count). The lowest BCUT2D eigenvalue weighted by Gasteiger charge is -2.32. The molecular weight excluding hydrogens is 284 g/mol. The van der Waals surface area contributed by atoms with Crippen molar-refractivity contribution in [1.29, 1.82) is 0 Å². The molecule has 22 heavy (non-hydrogen) atoms. The molecule has 2 aromatic heterocycles. The maximum absolute atomic E-state index is 12.6. The number of aromatic nitrogens is 3. The van der Waals surface area contributed by atoms with Crippen molar-refractivity contribution in [2.75, 3.05) is 20.2 Å². The summed E-state index contributed by atoms with van der Waals surface area (Å²) in [5, 5.41) is 6.93. The smallest absolute Gasteiger partial charge is 0.270 e. The van der Waals surface area contributed by atoms with Gasteiger partial charge in [-0.3, -0.25) is 14.7 Å². The number of H-pyrrole nitrogens is 2. The fourth-order valence-corrected chi connectivity index (χ4v) is 2.82. The van der Waals surface area contributed by atoms with Crippen LogP contribution in [0.2, 0.25) is 0 Å². The van der Waals surface area contributed by atoms with Gasteiger partial charge in [-0.05, 0) is 18.9 Å². The molecule has 7 nitrogen and oxygen atoms in total. The molecule has 2 aromatic rings. The molecule has 0 aliphatic carbocycles. The summed E-state index contributed by atoms with van der Waals surface area (Å²) < 4.78 is 4.91. The minimum atomic E-state index is -0.299. The number of hydrogen-bond donors (Lipinski definition) is 2. The number of piperidine rings is 1. The molecule has 1 amide bonds. The minimum absolute atomic E-state index is 0.163. The first kappa shape index (κ1) is 14.4. The Hall–Kier alpha value is -2.57. The van der Waals surface area contributed by atoms with Crippen LogP contribution in [0.1, 0.15) is 34.9 Å². The van der Waals surface area contributed by atoms with Gasteiger partial charge in [-0.1, -0.05) is 0 Å². The van der Waals surface area contributed by atoms with E-state index in [1.165, 1.54) is 19.4 Å². The van der Waals surface area contributed by atoms with Gasteiger partial charge in [0.1, 0.15) is 5.69 Å². The van der Waals surface area contributed by atoms with Crippen molar-refractivity contribution in [2.45, 2.75) is 18.8 Å². The number of amides is 1. The summed E-state index contributed by atoms with van der Waals surface area (Å²) >= 11 is 0. The molecule has 2 N–H and O–H groups in total. The molecule has 1 aliphatic rings. The van der Waals surface area contributed by atoms with Crippen LogP contribution in [0.5, 0.6) is 5.75 Å². The Morgan fingerprint density at radius 3 is 3.05 bits per heavy atom. The van der Waals surface area contributed by atoms with Gasteiger partial charge in [0.05, 0.1) is 7.11 Å². The average Bonchev–Trinajstić information content (AvgIpc) is 3.09. The number of likely N-dealkylation sites (tertiary alicyclic amines) is 1. The summed E-state index contributed by atoms with van der Waals surface area (Å²) in [7, 11) is 1.42. The first-order chi connectivity index (χ1) is 10.7. The van der Waals surface area contributed by atoms with E-state index in [4.69, 9.17) is 4.74 Å². The number of nitrogens with zero attached hydrogens (tertiary/aromatic N) is 2. The van der Waals surface area contributed by atoms with Crippen molar-refractivity contribution in [3.05, 3.63) is 46.1 Å². The molecule has 1 aliphatic heterocycles. The lowest BCUT2D eigenvalue weighted by atomic mass is 9.94. The molecule has 116 valence electrons. The zero-order valence-electron chi connectivity index (χ0n) is 12.3. The number of ether oxygens (including phenoxy) is 1. The van der Waals surface area contributed by atoms with E-state index in [9.17, 15) is 9.59 Å². The summed E-state index contributed by atoms with van der Waals surface area (Å²) in [6, 6.07) is 3.23. The number of aromatic amines is 2. The lowest BCUT2D eigenvalue weighted by Crippen LogP contribution is -2.39. The van der Waals surface area contributed by atoms with Crippen molar-refractivity contribution >= 4 is 5.91 Å². The van der Waals surface area contributed by atoms with E-state index < -0.39 is 0 Å². The zero-order valence-corrected chi connectivity index (χ0v) is 12.3. The molecule has 1 fully saturated rings. The van der Waals surface area contributed by atoms with Crippen molar-refractivity contribution in [2.24, 2.45) is 0 Å². The average molecular weight is 302 g/mol. The summed E-state index contributed by atoms with van der Waals surface area (Å²) in [4.78, 5) is 28.9. The highest BCUT2D eigenvalue weighted by atomic mass is 16.5. The molecular formula is C15H18N4O3. The Morgan fingerprint density at radius 2 is 2.36 bits per heavy atom. The fourth-order valence-electron chi connectivity index (χ4n) is 2.82. The molecule has 1 atom stereocenters. The lowest BCUT2D eigenvalue weighted by molar-refractivity contribution is 0.0699. The van der Waals surface area contributed by atoms with Gasteiger partial charge < -0.3 is 14.6 Å². The van der Waals surface area contributed by atoms with Crippen LogP contribution in [0.15, 0.2) is 29.3 Å². The molecule has 3 heterocycles. The molecule has 0 saturated carbocycles. The number of carbonyl (C=O) groups excluding carboxylic acids is 1. The molecule has 7 heteroatoms. The second kappa shape index (κ2) is 6.05. The Kier molecular flexibility index (Phi) is 3.95. The summed E-state index contributed by atoms with van der Waals surface area (Å²) in [5.74, 6) is 0.291. The van der Waals surface area contributed by atoms with Gasteiger partial charge in [0, 0.05) is 43.2 Å². The number of methoxy groups -OCH3 is 1. The van der Waals surface area contributed by atoms with E-state index in [0.717, 1.165) is 18.5 Å². The van der Waals surface area contributed by atoms with Crippen LogP contribution in [0.4, 0.5) is 0 Å².